The third-order valence-electron chi connectivity index (χ3n) is 3.40. The number of carbonyl (C=O) groups is 1. The van der Waals surface area contributed by atoms with Gasteiger partial charge in [-0.1, -0.05) is 6.07 Å². The minimum Gasteiger partial charge on any atom is -0.497 e. The summed E-state index contributed by atoms with van der Waals surface area (Å²) < 4.78 is 5.23. The third kappa shape index (κ3) is 3.17. The maximum absolute atomic E-state index is 11.8. The van der Waals surface area contributed by atoms with Gasteiger partial charge >= 0.3 is 0 Å². The Bertz CT molecular complexity index is 440. The number of benzene rings is 1. The number of hydrogen-bond donors (Lipinski definition) is 1. The number of hydrogen-bond acceptors (Lipinski definition) is 4. The van der Waals surface area contributed by atoms with E-state index in [4.69, 9.17) is 10.5 Å². The Kier molecular flexibility index (Phi) is 4.27. The van der Waals surface area contributed by atoms with Crippen LogP contribution in [0.1, 0.15) is 6.92 Å². The topological polar surface area (TPSA) is 58.8 Å². The van der Waals surface area contributed by atoms with Crippen LogP contribution >= 0.6 is 0 Å². The molecule has 5 heteroatoms. The van der Waals surface area contributed by atoms with Crippen LogP contribution in [0.4, 0.5) is 5.69 Å². The summed E-state index contributed by atoms with van der Waals surface area (Å²) in [6.07, 6.45) is 0. The van der Waals surface area contributed by atoms with Crippen molar-refractivity contribution in [3.8, 4) is 5.75 Å². The SMILES string of the molecule is COc1cccc(N2CCN(C(=O)C(C)N)CC2)c1. The fraction of sp³-hybridized carbons (Fsp3) is 0.500. The van der Waals surface area contributed by atoms with E-state index < -0.39 is 6.04 Å². The summed E-state index contributed by atoms with van der Waals surface area (Å²) in [5.41, 5.74) is 6.76. The summed E-state index contributed by atoms with van der Waals surface area (Å²) >= 11 is 0. The van der Waals surface area contributed by atoms with E-state index in [-0.39, 0.29) is 5.91 Å². The van der Waals surface area contributed by atoms with E-state index in [9.17, 15) is 4.79 Å². The highest BCUT2D eigenvalue weighted by Crippen LogP contribution is 2.22. The average molecular weight is 263 g/mol. The van der Waals surface area contributed by atoms with Crippen LogP contribution in [-0.4, -0.2) is 50.1 Å². The van der Waals surface area contributed by atoms with Crippen molar-refractivity contribution in [3.05, 3.63) is 24.3 Å². The molecule has 1 fully saturated rings. The van der Waals surface area contributed by atoms with E-state index in [2.05, 4.69) is 11.0 Å². The molecule has 1 unspecified atom stereocenters. The Morgan fingerprint density at radius 1 is 1.32 bits per heavy atom. The first kappa shape index (κ1) is 13.7. The van der Waals surface area contributed by atoms with Crippen LogP contribution in [0.5, 0.6) is 5.75 Å². The van der Waals surface area contributed by atoms with Gasteiger partial charge in [0, 0.05) is 37.9 Å². The molecule has 19 heavy (non-hydrogen) atoms. The Hall–Kier alpha value is -1.75. The van der Waals surface area contributed by atoms with Crippen LogP contribution in [0.15, 0.2) is 24.3 Å². The second-order valence-corrected chi connectivity index (χ2v) is 4.80. The van der Waals surface area contributed by atoms with E-state index >= 15 is 0 Å². The molecule has 5 nitrogen and oxygen atoms in total. The fourth-order valence-corrected chi connectivity index (χ4v) is 2.28. The molecular weight excluding hydrogens is 242 g/mol. The van der Waals surface area contributed by atoms with Crippen LogP contribution < -0.4 is 15.4 Å². The highest BCUT2D eigenvalue weighted by molar-refractivity contribution is 5.81. The second-order valence-electron chi connectivity index (χ2n) is 4.80. The van der Waals surface area contributed by atoms with Crippen molar-refractivity contribution in [2.24, 2.45) is 5.73 Å². The molecular formula is C14H21N3O2. The number of amides is 1. The van der Waals surface area contributed by atoms with Gasteiger partial charge in [0.2, 0.25) is 5.91 Å². The van der Waals surface area contributed by atoms with E-state index in [1.54, 1.807) is 14.0 Å². The van der Waals surface area contributed by atoms with Gasteiger partial charge in [0.25, 0.3) is 0 Å². The fourth-order valence-electron chi connectivity index (χ4n) is 2.28. The average Bonchev–Trinajstić information content (AvgIpc) is 2.46. The van der Waals surface area contributed by atoms with E-state index in [1.807, 2.05) is 23.1 Å². The maximum Gasteiger partial charge on any atom is 0.239 e. The lowest BCUT2D eigenvalue weighted by Gasteiger charge is -2.36. The van der Waals surface area contributed by atoms with Crippen molar-refractivity contribution < 1.29 is 9.53 Å². The zero-order chi connectivity index (χ0) is 13.8. The molecule has 1 aliphatic heterocycles. The lowest BCUT2D eigenvalue weighted by Crippen LogP contribution is -2.52. The molecule has 0 aliphatic carbocycles. The number of rotatable bonds is 3. The van der Waals surface area contributed by atoms with Crippen LogP contribution in [0.2, 0.25) is 0 Å². The summed E-state index contributed by atoms with van der Waals surface area (Å²) in [5, 5.41) is 0. The molecule has 0 bridgehead atoms. The molecule has 1 aromatic rings. The van der Waals surface area contributed by atoms with Gasteiger partial charge in [-0.05, 0) is 19.1 Å². The Labute approximate surface area is 113 Å². The number of ether oxygens (including phenoxy) is 1. The summed E-state index contributed by atoms with van der Waals surface area (Å²) in [5.74, 6) is 0.886. The van der Waals surface area contributed by atoms with Crippen molar-refractivity contribution in [1.82, 2.24) is 4.90 Å². The van der Waals surface area contributed by atoms with Gasteiger partial charge in [0.1, 0.15) is 5.75 Å². The maximum atomic E-state index is 11.8. The number of anilines is 1. The quantitative estimate of drug-likeness (QED) is 0.871. The van der Waals surface area contributed by atoms with E-state index in [0.29, 0.717) is 0 Å². The van der Waals surface area contributed by atoms with Crippen LogP contribution in [-0.2, 0) is 4.79 Å². The zero-order valence-corrected chi connectivity index (χ0v) is 11.5. The third-order valence-corrected chi connectivity index (χ3v) is 3.40. The summed E-state index contributed by atoms with van der Waals surface area (Å²) in [4.78, 5) is 15.9. The van der Waals surface area contributed by atoms with Crippen LogP contribution in [0.25, 0.3) is 0 Å². The molecule has 2 rings (SSSR count). The second kappa shape index (κ2) is 5.93. The largest absolute Gasteiger partial charge is 0.497 e. The number of methoxy groups -OCH3 is 1. The number of nitrogens with zero attached hydrogens (tertiary/aromatic N) is 2. The molecule has 1 aromatic carbocycles. The molecule has 0 spiro atoms. The first-order valence-corrected chi connectivity index (χ1v) is 6.55. The van der Waals surface area contributed by atoms with Gasteiger partial charge in [-0.25, -0.2) is 0 Å². The Balaban J connectivity index is 1.97. The minimum absolute atomic E-state index is 0.0327. The van der Waals surface area contributed by atoms with Gasteiger partial charge in [-0.15, -0.1) is 0 Å². The number of carbonyl (C=O) groups excluding carboxylic acids is 1. The first-order chi connectivity index (χ1) is 9.11. The Morgan fingerprint density at radius 3 is 2.58 bits per heavy atom. The highest BCUT2D eigenvalue weighted by Gasteiger charge is 2.23. The molecule has 2 N–H and O–H groups in total. The molecule has 104 valence electrons. The van der Waals surface area contributed by atoms with Crippen molar-refractivity contribution >= 4 is 11.6 Å². The molecule has 1 heterocycles. The van der Waals surface area contributed by atoms with Gasteiger partial charge in [-0.2, -0.15) is 0 Å². The van der Waals surface area contributed by atoms with Crippen LogP contribution in [0, 0.1) is 0 Å². The molecule has 1 atom stereocenters. The number of piperazine rings is 1. The monoisotopic (exact) mass is 263 g/mol. The first-order valence-electron chi connectivity index (χ1n) is 6.55. The predicted octanol–water partition coefficient (Wildman–Crippen LogP) is 0.691. The smallest absolute Gasteiger partial charge is 0.239 e. The van der Waals surface area contributed by atoms with Gasteiger partial charge in [-0.3, -0.25) is 4.79 Å². The van der Waals surface area contributed by atoms with E-state index in [1.165, 1.54) is 0 Å². The van der Waals surface area contributed by atoms with Crippen LogP contribution in [0.3, 0.4) is 0 Å². The van der Waals surface area contributed by atoms with Crippen molar-refractivity contribution in [3.63, 3.8) is 0 Å². The van der Waals surface area contributed by atoms with Crippen molar-refractivity contribution in [2.45, 2.75) is 13.0 Å². The summed E-state index contributed by atoms with van der Waals surface area (Å²) in [7, 11) is 1.67. The molecule has 0 aromatic heterocycles. The van der Waals surface area contributed by atoms with Gasteiger partial charge in [0.15, 0.2) is 0 Å². The number of nitrogens with two attached hydrogens (primary N) is 1. The minimum atomic E-state index is -0.414. The summed E-state index contributed by atoms with van der Waals surface area (Å²) in [6.45, 7) is 4.82. The molecule has 0 saturated carbocycles. The zero-order valence-electron chi connectivity index (χ0n) is 11.5. The highest BCUT2D eigenvalue weighted by atomic mass is 16.5. The predicted molar refractivity (Wildman–Crippen MR) is 75.4 cm³/mol. The van der Waals surface area contributed by atoms with Crippen molar-refractivity contribution in [2.75, 3.05) is 38.2 Å². The summed E-state index contributed by atoms with van der Waals surface area (Å²) in [6, 6.07) is 7.57. The normalized spacial score (nSPS) is 17.2. The lowest BCUT2D eigenvalue weighted by molar-refractivity contribution is -0.132. The molecule has 1 saturated heterocycles. The standard InChI is InChI=1S/C14H21N3O2/c1-11(15)14(18)17-8-6-16(7-9-17)12-4-3-5-13(10-12)19-2/h3-5,10-11H,6-9,15H2,1-2H3. The van der Waals surface area contributed by atoms with Gasteiger partial charge < -0.3 is 20.3 Å². The molecule has 1 amide bonds. The Morgan fingerprint density at radius 2 is 2.00 bits per heavy atom. The van der Waals surface area contributed by atoms with Crippen molar-refractivity contribution in [1.29, 1.82) is 0 Å². The van der Waals surface area contributed by atoms with E-state index in [0.717, 1.165) is 37.6 Å². The molecule has 1 aliphatic rings. The van der Waals surface area contributed by atoms with Gasteiger partial charge in [0.05, 0.1) is 13.2 Å². The molecule has 0 radical (unpaired) electrons. The lowest BCUT2D eigenvalue weighted by atomic mass is 10.2.